The number of rotatable bonds is 6. The highest BCUT2D eigenvalue weighted by molar-refractivity contribution is 7.80. The predicted molar refractivity (Wildman–Crippen MR) is 103 cm³/mol. The van der Waals surface area contributed by atoms with E-state index in [9.17, 15) is 4.79 Å². The number of ether oxygens (including phenoxy) is 2. The van der Waals surface area contributed by atoms with Crippen LogP contribution in [0.5, 0.6) is 11.5 Å². The second kappa shape index (κ2) is 8.12. The van der Waals surface area contributed by atoms with Crippen molar-refractivity contribution in [2.45, 2.75) is 18.6 Å². The van der Waals surface area contributed by atoms with Gasteiger partial charge in [-0.25, -0.2) is 0 Å². The van der Waals surface area contributed by atoms with E-state index in [0.29, 0.717) is 12.3 Å². The maximum atomic E-state index is 12.7. The maximum absolute atomic E-state index is 12.7. The molecule has 0 spiro atoms. The molecule has 0 saturated carbocycles. The number of hydrogen-bond acceptors (Lipinski definition) is 4. The van der Waals surface area contributed by atoms with E-state index in [1.165, 1.54) is 0 Å². The van der Waals surface area contributed by atoms with Gasteiger partial charge in [0.15, 0.2) is 11.5 Å². The smallest absolute Gasteiger partial charge is 0.250 e. The van der Waals surface area contributed by atoms with Gasteiger partial charge in [-0.1, -0.05) is 31.2 Å². The van der Waals surface area contributed by atoms with Crippen molar-refractivity contribution in [1.29, 1.82) is 0 Å². The molecule has 0 aromatic heterocycles. The summed E-state index contributed by atoms with van der Waals surface area (Å²) in [6.45, 7) is 2.89. The van der Waals surface area contributed by atoms with E-state index < -0.39 is 0 Å². The van der Waals surface area contributed by atoms with Crippen molar-refractivity contribution in [3.63, 3.8) is 0 Å². The quantitative estimate of drug-likeness (QED) is 0.624. The summed E-state index contributed by atoms with van der Waals surface area (Å²) in [6, 6.07) is 15.3. The molecular formula is C20H21NO3S. The van der Waals surface area contributed by atoms with Crippen molar-refractivity contribution in [2.24, 2.45) is 0 Å². The Morgan fingerprint density at radius 1 is 1.20 bits per heavy atom. The van der Waals surface area contributed by atoms with Gasteiger partial charge in [0.1, 0.15) is 0 Å². The van der Waals surface area contributed by atoms with E-state index >= 15 is 0 Å². The molecule has 4 nitrogen and oxygen atoms in total. The SMILES string of the molecule is CC(S)CCN(C(=O)/C=C/c1ccc2c(c1)OCO2)c1ccccc1. The van der Waals surface area contributed by atoms with Crippen LogP contribution < -0.4 is 14.4 Å². The number of thiol groups is 1. The molecule has 0 bridgehead atoms. The molecule has 2 aromatic rings. The molecule has 25 heavy (non-hydrogen) atoms. The van der Waals surface area contributed by atoms with Gasteiger partial charge in [0.05, 0.1) is 0 Å². The average Bonchev–Trinajstić information content (AvgIpc) is 3.08. The molecule has 1 aliphatic heterocycles. The van der Waals surface area contributed by atoms with E-state index in [1.807, 2.05) is 55.5 Å². The first kappa shape index (κ1) is 17.4. The zero-order chi connectivity index (χ0) is 17.6. The summed E-state index contributed by atoms with van der Waals surface area (Å²) in [4.78, 5) is 14.5. The first-order valence-corrected chi connectivity index (χ1v) is 8.77. The number of para-hydroxylation sites is 1. The molecule has 1 heterocycles. The Morgan fingerprint density at radius 3 is 2.72 bits per heavy atom. The molecule has 130 valence electrons. The minimum Gasteiger partial charge on any atom is -0.454 e. The zero-order valence-corrected chi connectivity index (χ0v) is 15.0. The van der Waals surface area contributed by atoms with Crippen molar-refractivity contribution in [3.05, 3.63) is 60.2 Å². The molecule has 2 aromatic carbocycles. The van der Waals surface area contributed by atoms with E-state index in [2.05, 4.69) is 12.6 Å². The largest absolute Gasteiger partial charge is 0.454 e. The normalized spacial score (nSPS) is 13.8. The number of nitrogens with zero attached hydrogens (tertiary/aromatic N) is 1. The highest BCUT2D eigenvalue weighted by Gasteiger charge is 2.15. The van der Waals surface area contributed by atoms with Crippen LogP contribution in [0.1, 0.15) is 18.9 Å². The summed E-state index contributed by atoms with van der Waals surface area (Å²) in [5.41, 5.74) is 1.78. The Labute approximate surface area is 153 Å². The standard InChI is InChI=1S/C20H21NO3S/c1-15(25)11-12-21(17-5-3-2-4-6-17)20(22)10-8-16-7-9-18-19(13-16)24-14-23-18/h2-10,13,15,25H,11-12,14H2,1H3/b10-8+. The van der Waals surface area contributed by atoms with Crippen LogP contribution in [0.15, 0.2) is 54.6 Å². The highest BCUT2D eigenvalue weighted by Crippen LogP contribution is 2.32. The minimum atomic E-state index is -0.0575. The monoisotopic (exact) mass is 355 g/mol. The fraction of sp³-hybridized carbons (Fsp3) is 0.250. The lowest BCUT2D eigenvalue weighted by molar-refractivity contribution is -0.114. The number of carbonyl (C=O) groups is 1. The summed E-state index contributed by atoms with van der Waals surface area (Å²) >= 11 is 4.42. The summed E-state index contributed by atoms with van der Waals surface area (Å²) in [6.07, 6.45) is 4.21. The third-order valence-electron chi connectivity index (χ3n) is 3.92. The first-order valence-electron chi connectivity index (χ1n) is 8.26. The Bertz CT molecular complexity index is 759. The van der Waals surface area contributed by atoms with Gasteiger partial charge in [-0.3, -0.25) is 4.79 Å². The van der Waals surface area contributed by atoms with Crippen LogP contribution in [0, 0.1) is 0 Å². The third-order valence-corrected chi connectivity index (χ3v) is 4.18. The Morgan fingerprint density at radius 2 is 1.96 bits per heavy atom. The lowest BCUT2D eigenvalue weighted by atomic mass is 10.1. The van der Waals surface area contributed by atoms with Gasteiger partial charge in [0.2, 0.25) is 6.79 Å². The number of benzene rings is 2. The highest BCUT2D eigenvalue weighted by atomic mass is 32.1. The second-order valence-corrected chi connectivity index (χ2v) is 6.79. The number of hydrogen-bond donors (Lipinski definition) is 1. The van der Waals surface area contributed by atoms with Crippen molar-refractivity contribution < 1.29 is 14.3 Å². The molecule has 1 atom stereocenters. The van der Waals surface area contributed by atoms with Gasteiger partial charge < -0.3 is 14.4 Å². The summed E-state index contributed by atoms with van der Waals surface area (Å²) in [5, 5.41) is 0.233. The topological polar surface area (TPSA) is 38.8 Å². The summed E-state index contributed by atoms with van der Waals surface area (Å²) < 4.78 is 10.7. The van der Waals surface area contributed by atoms with Crippen LogP contribution in [0.4, 0.5) is 5.69 Å². The van der Waals surface area contributed by atoms with Crippen molar-refractivity contribution >= 4 is 30.3 Å². The van der Waals surface area contributed by atoms with E-state index in [-0.39, 0.29) is 18.0 Å². The number of carbonyl (C=O) groups excluding carboxylic acids is 1. The second-order valence-electron chi connectivity index (χ2n) is 5.91. The number of anilines is 1. The Balaban J connectivity index is 1.75. The number of fused-ring (bicyclic) bond motifs is 1. The van der Waals surface area contributed by atoms with Crippen LogP contribution in [0.25, 0.3) is 6.08 Å². The summed E-state index contributed by atoms with van der Waals surface area (Å²) in [7, 11) is 0. The van der Waals surface area contributed by atoms with E-state index in [1.54, 1.807) is 17.1 Å². The molecule has 3 rings (SSSR count). The maximum Gasteiger partial charge on any atom is 0.250 e. The van der Waals surface area contributed by atoms with Crippen molar-refractivity contribution in [1.82, 2.24) is 0 Å². The molecule has 0 saturated heterocycles. The molecular weight excluding hydrogens is 334 g/mol. The van der Waals surface area contributed by atoms with Crippen LogP contribution in [0.3, 0.4) is 0 Å². The number of amides is 1. The molecule has 1 aliphatic rings. The van der Waals surface area contributed by atoms with Crippen molar-refractivity contribution in [3.8, 4) is 11.5 Å². The van der Waals surface area contributed by atoms with Gasteiger partial charge in [0.25, 0.3) is 5.91 Å². The minimum absolute atomic E-state index is 0.0575. The van der Waals surface area contributed by atoms with E-state index in [4.69, 9.17) is 9.47 Å². The van der Waals surface area contributed by atoms with E-state index in [0.717, 1.165) is 23.4 Å². The Hall–Kier alpha value is -2.40. The van der Waals surface area contributed by atoms with Crippen LogP contribution in [-0.4, -0.2) is 24.5 Å². The molecule has 1 unspecified atom stereocenters. The fourth-order valence-electron chi connectivity index (χ4n) is 2.56. The van der Waals surface area contributed by atoms with Crippen LogP contribution in [0.2, 0.25) is 0 Å². The fourth-order valence-corrected chi connectivity index (χ4v) is 2.68. The average molecular weight is 355 g/mol. The predicted octanol–water partition coefficient (Wildman–Crippen LogP) is 4.17. The molecule has 0 fully saturated rings. The van der Waals surface area contributed by atoms with Gasteiger partial charge in [-0.2, -0.15) is 12.6 Å². The molecule has 1 amide bonds. The lowest BCUT2D eigenvalue weighted by Crippen LogP contribution is -2.31. The zero-order valence-electron chi connectivity index (χ0n) is 14.1. The van der Waals surface area contributed by atoms with Crippen LogP contribution >= 0.6 is 12.6 Å². The van der Waals surface area contributed by atoms with Crippen molar-refractivity contribution in [2.75, 3.05) is 18.2 Å². The Kier molecular flexibility index (Phi) is 5.66. The lowest BCUT2D eigenvalue weighted by Gasteiger charge is -2.22. The third kappa shape index (κ3) is 4.57. The molecule has 5 heteroatoms. The summed E-state index contributed by atoms with van der Waals surface area (Å²) in [5.74, 6) is 1.38. The molecule has 0 N–H and O–H groups in total. The van der Waals surface area contributed by atoms with Crippen LogP contribution in [-0.2, 0) is 4.79 Å². The van der Waals surface area contributed by atoms with Gasteiger partial charge in [-0.05, 0) is 42.3 Å². The van der Waals surface area contributed by atoms with Gasteiger partial charge >= 0.3 is 0 Å². The first-order chi connectivity index (χ1) is 12.1. The molecule has 0 aliphatic carbocycles. The van der Waals surface area contributed by atoms with Gasteiger partial charge in [-0.15, -0.1) is 0 Å². The molecule has 0 radical (unpaired) electrons. The van der Waals surface area contributed by atoms with Gasteiger partial charge in [0, 0.05) is 23.6 Å².